The molecule has 3 N–H and O–H groups in total. The van der Waals surface area contributed by atoms with Crippen LogP contribution in [0, 0.1) is 5.92 Å². The van der Waals surface area contributed by atoms with Gasteiger partial charge in [0.1, 0.15) is 25.2 Å². The Bertz CT molecular complexity index is 1370. The number of phenols is 2. The first-order valence-corrected chi connectivity index (χ1v) is 11.7. The Balaban J connectivity index is 1.31. The highest BCUT2D eigenvalue weighted by Gasteiger charge is 2.24. The summed E-state index contributed by atoms with van der Waals surface area (Å²) in [7, 11) is 6.10. The summed E-state index contributed by atoms with van der Waals surface area (Å²) in [4.78, 5) is 19.4. The van der Waals surface area contributed by atoms with Crippen molar-refractivity contribution in [1.82, 2.24) is 19.5 Å². The number of nitrogens with zero attached hydrogens (tertiary/aromatic N) is 4. The van der Waals surface area contributed by atoms with E-state index >= 15 is 0 Å². The number of aromatic hydroxyl groups is 2. The molecule has 2 aromatic carbocycles. The lowest BCUT2D eigenvalue weighted by molar-refractivity contribution is -0.132. The van der Waals surface area contributed by atoms with Crippen molar-refractivity contribution in [2.45, 2.75) is 19.3 Å². The van der Waals surface area contributed by atoms with Crippen molar-refractivity contribution < 1.29 is 15.0 Å². The van der Waals surface area contributed by atoms with Gasteiger partial charge in [0.2, 0.25) is 5.91 Å². The van der Waals surface area contributed by atoms with Gasteiger partial charge in [-0.1, -0.05) is 24.3 Å². The second kappa shape index (κ2) is 9.70. The predicted molar refractivity (Wildman–Crippen MR) is 135 cm³/mol. The average Bonchev–Trinajstić information content (AvgIpc) is 3.24. The molecule has 0 spiro atoms. The smallest absolute Gasteiger partial charge is 0.227 e. The summed E-state index contributed by atoms with van der Waals surface area (Å²) in [6, 6.07) is 15.7. The number of rotatable bonds is 6. The van der Waals surface area contributed by atoms with Crippen molar-refractivity contribution in [2.24, 2.45) is 5.92 Å². The van der Waals surface area contributed by atoms with Crippen LogP contribution < -0.4 is 10.8 Å². The first-order chi connectivity index (χ1) is 17.0. The highest BCUT2D eigenvalue weighted by Crippen LogP contribution is 2.29. The zero-order chi connectivity index (χ0) is 24.4. The summed E-state index contributed by atoms with van der Waals surface area (Å²) in [5, 5.41) is 27.8. The summed E-state index contributed by atoms with van der Waals surface area (Å²) in [6.45, 7) is 2.04. The molecule has 5 rings (SSSR count). The molecule has 1 aliphatic rings. The Morgan fingerprint density at radius 1 is 1.14 bits per heavy atom. The zero-order valence-corrected chi connectivity index (χ0v) is 19.3. The zero-order valence-electron chi connectivity index (χ0n) is 19.3. The fraction of sp³-hybridized carbons (Fsp3) is 0.269. The summed E-state index contributed by atoms with van der Waals surface area (Å²) < 4.78 is 1.66. The number of piperidine rings is 1. The van der Waals surface area contributed by atoms with Crippen molar-refractivity contribution >= 4 is 30.7 Å². The second-order valence-corrected chi connectivity index (χ2v) is 8.95. The SMILES string of the molecule is [B]c1cnn2c(NCC3CCCN(C(=O)Cc4cccc(O)c4)C3)cc(-c3ccccc3O)nc12. The Morgan fingerprint density at radius 3 is 2.83 bits per heavy atom. The van der Waals surface area contributed by atoms with Gasteiger partial charge in [-0.25, -0.2) is 4.98 Å². The van der Waals surface area contributed by atoms with Crippen LogP contribution in [0.5, 0.6) is 11.5 Å². The monoisotopic (exact) mass is 467 g/mol. The summed E-state index contributed by atoms with van der Waals surface area (Å²) in [5.41, 5.74) is 2.98. The van der Waals surface area contributed by atoms with Gasteiger partial charge in [-0.05, 0) is 54.1 Å². The number of carbonyl (C=O) groups is 1. The number of anilines is 1. The highest BCUT2D eigenvalue weighted by atomic mass is 16.3. The molecule has 176 valence electrons. The number of aromatic nitrogens is 3. The van der Waals surface area contributed by atoms with E-state index in [1.54, 1.807) is 41.0 Å². The third-order valence-electron chi connectivity index (χ3n) is 6.39. The molecule has 1 atom stereocenters. The van der Waals surface area contributed by atoms with Crippen LogP contribution in [0.4, 0.5) is 5.82 Å². The number of nitrogens with one attached hydrogen (secondary N) is 1. The number of benzene rings is 2. The Kier molecular flexibility index (Phi) is 6.31. The Labute approximate surface area is 204 Å². The summed E-state index contributed by atoms with van der Waals surface area (Å²) >= 11 is 0. The van der Waals surface area contributed by atoms with Crippen LogP contribution in [0.15, 0.2) is 60.8 Å². The van der Waals surface area contributed by atoms with E-state index in [0.29, 0.717) is 41.3 Å². The second-order valence-electron chi connectivity index (χ2n) is 8.95. The third-order valence-corrected chi connectivity index (χ3v) is 6.39. The molecular weight excluding hydrogens is 441 g/mol. The molecule has 1 aliphatic heterocycles. The minimum atomic E-state index is 0.0632. The van der Waals surface area contributed by atoms with E-state index in [-0.39, 0.29) is 29.7 Å². The van der Waals surface area contributed by atoms with Crippen molar-refractivity contribution in [3.05, 3.63) is 66.4 Å². The maximum Gasteiger partial charge on any atom is 0.227 e. The van der Waals surface area contributed by atoms with Gasteiger partial charge in [0, 0.05) is 37.5 Å². The molecule has 0 saturated carbocycles. The quantitative estimate of drug-likeness (QED) is 0.377. The number of likely N-dealkylation sites (tertiary alicyclic amines) is 1. The molecule has 1 amide bonds. The molecule has 0 bridgehead atoms. The molecule has 3 heterocycles. The largest absolute Gasteiger partial charge is 0.508 e. The molecule has 1 unspecified atom stereocenters. The molecule has 9 heteroatoms. The third kappa shape index (κ3) is 4.94. The molecule has 1 fully saturated rings. The summed E-state index contributed by atoms with van der Waals surface area (Å²) in [6.07, 6.45) is 3.77. The normalized spacial score (nSPS) is 15.9. The van der Waals surface area contributed by atoms with E-state index in [2.05, 4.69) is 15.4 Å². The van der Waals surface area contributed by atoms with E-state index < -0.39 is 0 Å². The molecule has 35 heavy (non-hydrogen) atoms. The molecule has 2 radical (unpaired) electrons. The van der Waals surface area contributed by atoms with Gasteiger partial charge in [-0.15, -0.1) is 0 Å². The van der Waals surface area contributed by atoms with Crippen LogP contribution in [0.2, 0.25) is 0 Å². The fourth-order valence-corrected chi connectivity index (χ4v) is 4.59. The van der Waals surface area contributed by atoms with Crippen LogP contribution in [0.1, 0.15) is 18.4 Å². The average molecular weight is 467 g/mol. The van der Waals surface area contributed by atoms with Gasteiger partial charge < -0.3 is 20.4 Å². The van der Waals surface area contributed by atoms with Crippen LogP contribution >= 0.6 is 0 Å². The van der Waals surface area contributed by atoms with Crippen molar-refractivity contribution in [2.75, 3.05) is 25.0 Å². The van der Waals surface area contributed by atoms with Gasteiger partial charge >= 0.3 is 0 Å². The first-order valence-electron chi connectivity index (χ1n) is 11.7. The minimum absolute atomic E-state index is 0.0632. The number of hydrogen-bond donors (Lipinski definition) is 3. The number of amides is 1. The standard InChI is InChI=1S/C26H26BN5O3/c27-21-15-29-32-24(13-22(30-26(21)32)20-8-1-2-9-23(20)34)28-14-18-6-4-10-31(16-18)25(35)12-17-5-3-7-19(33)11-17/h1-3,5,7-9,11,13,15,18,28,33-34H,4,6,10,12,14,16H2. The topological polar surface area (TPSA) is 103 Å². The van der Waals surface area contributed by atoms with E-state index in [0.717, 1.165) is 24.9 Å². The first kappa shape index (κ1) is 22.8. The van der Waals surface area contributed by atoms with Gasteiger partial charge in [0.25, 0.3) is 0 Å². The van der Waals surface area contributed by atoms with Gasteiger partial charge in [-0.2, -0.15) is 9.61 Å². The fourth-order valence-electron chi connectivity index (χ4n) is 4.59. The number of hydrogen-bond acceptors (Lipinski definition) is 6. The Morgan fingerprint density at radius 2 is 2.00 bits per heavy atom. The van der Waals surface area contributed by atoms with Gasteiger partial charge in [0.15, 0.2) is 5.65 Å². The maximum atomic E-state index is 12.9. The molecule has 1 saturated heterocycles. The number of para-hydroxylation sites is 1. The highest BCUT2D eigenvalue weighted by molar-refractivity contribution is 6.36. The van der Waals surface area contributed by atoms with Crippen LogP contribution in [0.25, 0.3) is 16.9 Å². The van der Waals surface area contributed by atoms with Crippen LogP contribution in [-0.4, -0.2) is 63.1 Å². The van der Waals surface area contributed by atoms with E-state index in [1.165, 1.54) is 0 Å². The molecule has 0 aliphatic carbocycles. The number of fused-ring (bicyclic) bond motifs is 1. The maximum absolute atomic E-state index is 12.9. The lowest BCUT2D eigenvalue weighted by atomic mass is 9.97. The minimum Gasteiger partial charge on any atom is -0.508 e. The Hall–Kier alpha value is -4.01. The van der Waals surface area contributed by atoms with Crippen molar-refractivity contribution in [1.29, 1.82) is 0 Å². The molecule has 2 aromatic heterocycles. The summed E-state index contributed by atoms with van der Waals surface area (Å²) in [5.74, 6) is 1.35. The lowest BCUT2D eigenvalue weighted by Gasteiger charge is -2.33. The molecular formula is C26H26BN5O3. The number of phenolic OH excluding ortho intramolecular Hbond substituents is 2. The van der Waals surface area contributed by atoms with Crippen molar-refractivity contribution in [3.63, 3.8) is 0 Å². The number of carbonyl (C=O) groups excluding carboxylic acids is 1. The molecule has 8 nitrogen and oxygen atoms in total. The van der Waals surface area contributed by atoms with Crippen molar-refractivity contribution in [3.8, 4) is 22.8 Å². The van der Waals surface area contributed by atoms with Crippen LogP contribution in [-0.2, 0) is 11.2 Å². The molecule has 4 aromatic rings. The van der Waals surface area contributed by atoms with E-state index in [4.69, 9.17) is 7.85 Å². The van der Waals surface area contributed by atoms with Gasteiger partial charge in [0.05, 0.1) is 12.1 Å². The van der Waals surface area contributed by atoms with E-state index in [1.807, 2.05) is 29.2 Å². The predicted octanol–water partition coefficient (Wildman–Crippen LogP) is 2.49. The van der Waals surface area contributed by atoms with Gasteiger partial charge in [-0.3, -0.25) is 4.79 Å². The van der Waals surface area contributed by atoms with E-state index in [9.17, 15) is 15.0 Å². The lowest BCUT2D eigenvalue weighted by Crippen LogP contribution is -2.42. The van der Waals surface area contributed by atoms with Crippen LogP contribution in [0.3, 0.4) is 0 Å².